The summed E-state index contributed by atoms with van der Waals surface area (Å²) in [7, 11) is -16.7. The Morgan fingerprint density at radius 1 is 0.365 bits per heavy atom. The Hall–Kier alpha value is -6.05. The number of quaternary nitrogens is 2. The van der Waals surface area contributed by atoms with Crippen molar-refractivity contribution in [3.8, 4) is 0 Å². The van der Waals surface area contributed by atoms with Gasteiger partial charge < -0.3 is 13.5 Å². The van der Waals surface area contributed by atoms with Crippen LogP contribution in [0.15, 0.2) is 251 Å². The average molecular weight is 1350 g/mol. The van der Waals surface area contributed by atoms with Crippen LogP contribution in [0, 0.1) is 13.0 Å². The maximum Gasteiger partial charge on any atom is 2.00 e. The van der Waals surface area contributed by atoms with Crippen molar-refractivity contribution in [2.24, 2.45) is 0 Å². The third kappa shape index (κ3) is 15.6. The Kier molecular flexibility index (Phi) is 20.3. The van der Waals surface area contributed by atoms with E-state index < -0.39 is 79.9 Å². The van der Waals surface area contributed by atoms with Gasteiger partial charge in [0.25, 0.3) is 0 Å². The fourth-order valence-corrected chi connectivity index (χ4v) is 17.5. The van der Waals surface area contributed by atoms with Gasteiger partial charge in [0.2, 0.25) is 49.2 Å². The molecule has 0 aliphatic heterocycles. The normalized spacial score (nSPS) is 13.2. The summed E-state index contributed by atoms with van der Waals surface area (Å²) in [6.45, 7) is 2.24. The molecule has 27 heteroatoms. The molecule has 0 aromatic heterocycles. The molecule has 0 N–H and O–H groups in total. The topological polar surface area (TPSA) is 279 Å². The Balaban J connectivity index is 0.000000276. The SMILES string of the molecule is CS(=O)(=O)c1ccc(S(=O)(=O)c2ccc(S(=O)(=O)c3ccc(S(=O)(=O)c4cc[c-]cc4)cc3)cc2)cc1.Cc1ccc(S(=O)(=O)c2ccc(S(=O)(=O)c3ccc(S(=O)(=O)c4ccc(S(=O)[O-])c(C[N+](C)(C)C)c4)cc3C[N+](C)(C)C)cc2)cc1.[Co+2]. The van der Waals surface area contributed by atoms with Crippen molar-refractivity contribution in [3.63, 3.8) is 0 Å². The molecule has 1 unspecified atom stereocenters. The van der Waals surface area contributed by atoms with E-state index in [0.717, 1.165) is 36.1 Å². The summed E-state index contributed by atoms with van der Waals surface area (Å²) in [5.74, 6) is 0. The van der Waals surface area contributed by atoms with Crippen LogP contribution < -0.4 is 0 Å². The number of sulfone groups is 7. The van der Waals surface area contributed by atoms with Crippen LogP contribution in [0.5, 0.6) is 0 Å². The minimum atomic E-state index is -4.21. The van der Waals surface area contributed by atoms with Crippen molar-refractivity contribution in [2.45, 2.75) is 88.6 Å². The second kappa shape index (κ2) is 25.3. The predicted octanol–water partition coefficient (Wildman–Crippen LogP) is 7.53. The molecule has 0 saturated heterocycles. The number of hydrogen-bond acceptors (Lipinski definition) is 16. The number of nitrogens with zero attached hydrogens (tertiary/aromatic N) is 2. The summed E-state index contributed by atoms with van der Waals surface area (Å²) in [6.07, 6.45) is 1.00. The molecule has 8 rings (SSSR count). The van der Waals surface area contributed by atoms with Gasteiger partial charge in [-0.15, -0.1) is 0 Å². The van der Waals surface area contributed by atoms with Gasteiger partial charge in [-0.25, -0.2) is 58.9 Å². The van der Waals surface area contributed by atoms with Gasteiger partial charge in [-0.3, -0.25) is 4.21 Å². The summed E-state index contributed by atoms with van der Waals surface area (Å²) in [5.41, 5.74) is 1.48. The number of rotatable bonds is 18. The van der Waals surface area contributed by atoms with Gasteiger partial charge >= 0.3 is 16.8 Å². The molecule has 0 fully saturated rings. The fraction of sp³-hybridized carbons (Fsp3) is 0.172. The summed E-state index contributed by atoms with van der Waals surface area (Å²) in [4.78, 5) is -1.26. The van der Waals surface area contributed by atoms with E-state index in [9.17, 15) is 67.7 Å². The van der Waals surface area contributed by atoms with Crippen LogP contribution >= 0.6 is 0 Å². The summed E-state index contributed by atoms with van der Waals surface area (Å²) in [5, 5.41) is 0. The largest absolute Gasteiger partial charge is 2.00 e. The zero-order chi connectivity index (χ0) is 62.2. The molecular formula is C58H58CoN2O16S8+2. The molecule has 0 aliphatic rings. The van der Waals surface area contributed by atoms with Gasteiger partial charge in [-0.1, -0.05) is 17.7 Å². The van der Waals surface area contributed by atoms with Crippen LogP contribution in [0.3, 0.4) is 0 Å². The summed E-state index contributed by atoms with van der Waals surface area (Å²) < 4.78 is 207. The third-order valence-corrected chi connectivity index (χ3v) is 25.3. The molecular weight excluding hydrogens is 1300 g/mol. The minimum absolute atomic E-state index is 0. The maximum absolute atomic E-state index is 14.0. The molecule has 451 valence electrons. The Bertz CT molecular complexity index is 4650. The molecule has 0 heterocycles. The van der Waals surface area contributed by atoms with Crippen LogP contribution in [0.2, 0.25) is 0 Å². The van der Waals surface area contributed by atoms with E-state index in [1.165, 1.54) is 146 Å². The molecule has 0 saturated carbocycles. The third-order valence-electron chi connectivity index (χ3n) is 12.7. The van der Waals surface area contributed by atoms with Gasteiger partial charge in [-0.2, -0.15) is 30.3 Å². The van der Waals surface area contributed by atoms with Gasteiger partial charge in [0, 0.05) is 22.3 Å². The Morgan fingerprint density at radius 2 is 0.624 bits per heavy atom. The molecule has 0 amide bonds. The van der Waals surface area contributed by atoms with E-state index >= 15 is 0 Å². The molecule has 1 atom stereocenters. The van der Waals surface area contributed by atoms with E-state index in [-0.39, 0.29) is 108 Å². The molecule has 85 heavy (non-hydrogen) atoms. The zero-order valence-electron chi connectivity index (χ0n) is 46.8. The van der Waals surface area contributed by atoms with Crippen LogP contribution in [0.4, 0.5) is 0 Å². The van der Waals surface area contributed by atoms with Crippen LogP contribution in [-0.4, -0.2) is 125 Å². The maximum atomic E-state index is 14.0. The average Bonchev–Trinajstić information content (AvgIpc) is 1.66. The summed E-state index contributed by atoms with van der Waals surface area (Å²) >= 11 is -2.58. The Morgan fingerprint density at radius 3 is 0.953 bits per heavy atom. The molecule has 0 spiro atoms. The van der Waals surface area contributed by atoms with E-state index in [1.807, 2.05) is 49.2 Å². The zero-order valence-corrected chi connectivity index (χ0v) is 54.3. The first-order valence-corrected chi connectivity index (χ1v) is 36.7. The molecule has 18 nitrogen and oxygen atoms in total. The van der Waals surface area contributed by atoms with Crippen LogP contribution in [0.25, 0.3) is 0 Å². The smallest absolute Gasteiger partial charge is 0.768 e. The first-order valence-electron chi connectivity index (χ1n) is 24.9. The van der Waals surface area contributed by atoms with Crippen LogP contribution in [0.1, 0.15) is 16.7 Å². The fourth-order valence-electron chi connectivity index (χ4n) is 8.48. The molecule has 1 radical (unpaired) electrons. The van der Waals surface area contributed by atoms with E-state index in [0.29, 0.717) is 10.0 Å². The second-order valence-corrected chi connectivity index (χ2v) is 36.0. The van der Waals surface area contributed by atoms with E-state index in [1.54, 1.807) is 12.1 Å². The molecule has 0 bridgehead atoms. The number of hydrogen-bond donors (Lipinski definition) is 0. The van der Waals surface area contributed by atoms with Crippen molar-refractivity contribution >= 4 is 79.9 Å². The van der Waals surface area contributed by atoms with E-state index in [4.69, 9.17) is 0 Å². The van der Waals surface area contributed by atoms with Crippen molar-refractivity contribution in [1.29, 1.82) is 0 Å². The van der Waals surface area contributed by atoms with Crippen molar-refractivity contribution < 1.29 is 93.4 Å². The molecule has 8 aromatic rings. The number of aryl methyl sites for hydroxylation is 1. The van der Waals surface area contributed by atoms with Crippen molar-refractivity contribution in [1.82, 2.24) is 0 Å². The molecule has 0 aliphatic carbocycles. The van der Waals surface area contributed by atoms with Gasteiger partial charge in [-0.05, 0) is 168 Å². The second-order valence-electron chi connectivity index (χ2n) is 21.4. The summed E-state index contributed by atoms with van der Waals surface area (Å²) in [6, 6.07) is 41.3. The quantitative estimate of drug-likeness (QED) is 0.0456. The Labute approximate surface area is 511 Å². The van der Waals surface area contributed by atoms with Crippen LogP contribution in [-0.2, 0) is 110 Å². The predicted molar refractivity (Wildman–Crippen MR) is 312 cm³/mol. The van der Waals surface area contributed by atoms with Crippen molar-refractivity contribution in [2.75, 3.05) is 48.5 Å². The first-order chi connectivity index (χ1) is 38.8. The number of benzene rings is 8. The van der Waals surface area contributed by atoms with E-state index in [2.05, 4.69) is 6.07 Å². The molecule has 8 aromatic carbocycles. The van der Waals surface area contributed by atoms with Gasteiger partial charge in [0.05, 0.1) is 101 Å². The standard InChI is InChI=1S/C33H39N2O8S4.C25H19O8S4.Co/c1-24-8-10-27(11-9-24)45(38,39)28-12-14-29(15-13-28)47(42,43)33-19-17-31(21-26(33)23-35(5,6)7)46(40,41)30-16-18-32(44(36)37)25(20-30)22-34(2,3)4;1-34(26,27)19-7-9-21(10-8-19)36(30,31)23-15-17-25(18-16-23)37(32,33)24-13-11-22(12-14-24)35(28,29)20-5-3-2-4-6-20;/h8-21H,22-23H2,1-7H3;3-18H,1H3;/q+1;-1;+2. The minimum Gasteiger partial charge on any atom is -0.768 e. The monoisotopic (exact) mass is 1350 g/mol. The van der Waals surface area contributed by atoms with Gasteiger partial charge in [0.15, 0.2) is 19.7 Å². The first kappa shape index (κ1) is 68.1. The van der Waals surface area contributed by atoms with Crippen molar-refractivity contribution in [3.05, 3.63) is 205 Å². The van der Waals surface area contributed by atoms with Gasteiger partial charge in [0.1, 0.15) is 13.1 Å².